The number of hydrogen-bond acceptors (Lipinski definition) is 3. The topological polar surface area (TPSA) is 64.3 Å². The summed E-state index contributed by atoms with van der Waals surface area (Å²) >= 11 is 0. The Morgan fingerprint density at radius 1 is 1.23 bits per heavy atom. The minimum atomic E-state index is -0.107. The Balaban J connectivity index is 1.62. The number of halogens is 1. The third kappa shape index (κ3) is 4.29. The first-order chi connectivity index (χ1) is 12.7. The molecule has 136 valence electrons. The third-order valence-electron chi connectivity index (χ3n) is 4.63. The molecule has 1 aliphatic rings. The van der Waals surface area contributed by atoms with Gasteiger partial charge in [-0.05, 0) is 54.7 Å². The standard InChI is InChI=1S/C21H23FN2O2/c22-12-15(13-23)14-26-18-10-8-17(9-11-18)21(25)24-20-7-3-5-16-4-1-2-6-19(16)20/h1-2,4,6,8-12,20H,3,5,7,13-14,23H2,(H,24,25)/b15-12-/t20-/m0/s1. The molecule has 0 fully saturated rings. The number of hydrogen-bond donors (Lipinski definition) is 2. The van der Waals surface area contributed by atoms with E-state index in [0.717, 1.165) is 19.3 Å². The van der Waals surface area contributed by atoms with Crippen molar-refractivity contribution >= 4 is 5.91 Å². The van der Waals surface area contributed by atoms with Crippen molar-refractivity contribution in [3.05, 3.63) is 77.1 Å². The van der Waals surface area contributed by atoms with Crippen LogP contribution in [0.5, 0.6) is 5.75 Å². The maximum absolute atomic E-state index is 12.6. The number of ether oxygens (including phenoxy) is 1. The molecule has 3 rings (SSSR count). The van der Waals surface area contributed by atoms with Crippen LogP contribution in [-0.2, 0) is 6.42 Å². The van der Waals surface area contributed by atoms with Crippen molar-refractivity contribution in [1.29, 1.82) is 0 Å². The molecule has 5 heteroatoms. The molecule has 3 N–H and O–H groups in total. The lowest BCUT2D eigenvalue weighted by Crippen LogP contribution is -2.30. The number of benzene rings is 2. The monoisotopic (exact) mass is 354 g/mol. The SMILES string of the molecule is NC/C(=C/F)COc1ccc(C(=O)N[C@H]2CCCc3ccccc32)cc1. The number of amides is 1. The van der Waals surface area contributed by atoms with Crippen molar-refractivity contribution in [1.82, 2.24) is 5.32 Å². The number of aryl methyl sites for hydroxylation is 1. The van der Waals surface area contributed by atoms with E-state index in [4.69, 9.17) is 10.5 Å². The molecule has 0 aliphatic heterocycles. The van der Waals surface area contributed by atoms with E-state index < -0.39 is 0 Å². The zero-order valence-corrected chi connectivity index (χ0v) is 14.6. The van der Waals surface area contributed by atoms with Gasteiger partial charge in [-0.25, -0.2) is 4.39 Å². The van der Waals surface area contributed by atoms with Gasteiger partial charge in [0.1, 0.15) is 12.4 Å². The van der Waals surface area contributed by atoms with Crippen LogP contribution in [0.3, 0.4) is 0 Å². The zero-order valence-electron chi connectivity index (χ0n) is 14.6. The maximum Gasteiger partial charge on any atom is 0.251 e. The number of carbonyl (C=O) groups excluding carboxylic acids is 1. The predicted molar refractivity (Wildman–Crippen MR) is 99.8 cm³/mol. The molecule has 0 heterocycles. The van der Waals surface area contributed by atoms with Crippen LogP contribution in [0.1, 0.15) is 40.4 Å². The van der Waals surface area contributed by atoms with Crippen molar-refractivity contribution in [3.63, 3.8) is 0 Å². The lowest BCUT2D eigenvalue weighted by molar-refractivity contribution is 0.0932. The van der Waals surface area contributed by atoms with Gasteiger partial charge in [-0.1, -0.05) is 24.3 Å². The highest BCUT2D eigenvalue weighted by molar-refractivity contribution is 5.94. The van der Waals surface area contributed by atoms with Gasteiger partial charge >= 0.3 is 0 Å². The first kappa shape index (κ1) is 18.1. The molecule has 4 nitrogen and oxygen atoms in total. The highest BCUT2D eigenvalue weighted by Crippen LogP contribution is 2.29. The van der Waals surface area contributed by atoms with Gasteiger partial charge in [0.25, 0.3) is 5.91 Å². The molecule has 1 atom stereocenters. The second kappa shape index (κ2) is 8.63. The van der Waals surface area contributed by atoms with Crippen molar-refractivity contribution in [2.45, 2.75) is 25.3 Å². The third-order valence-corrected chi connectivity index (χ3v) is 4.63. The molecule has 0 radical (unpaired) electrons. The summed E-state index contributed by atoms with van der Waals surface area (Å²) in [5.74, 6) is 0.460. The van der Waals surface area contributed by atoms with Crippen LogP contribution in [0.4, 0.5) is 4.39 Å². The molecule has 0 saturated carbocycles. The Morgan fingerprint density at radius 2 is 2.00 bits per heavy atom. The molecule has 0 aromatic heterocycles. The second-order valence-corrected chi connectivity index (χ2v) is 6.40. The summed E-state index contributed by atoms with van der Waals surface area (Å²) in [6.45, 7) is 0.206. The quantitative estimate of drug-likeness (QED) is 0.832. The highest BCUT2D eigenvalue weighted by atomic mass is 19.1. The number of fused-ring (bicyclic) bond motifs is 1. The second-order valence-electron chi connectivity index (χ2n) is 6.40. The normalized spacial score (nSPS) is 16.7. The van der Waals surface area contributed by atoms with Crippen LogP contribution in [0.2, 0.25) is 0 Å². The van der Waals surface area contributed by atoms with E-state index in [1.165, 1.54) is 11.1 Å². The molecule has 1 aliphatic carbocycles. The van der Waals surface area contributed by atoms with E-state index in [-0.39, 0.29) is 25.1 Å². The first-order valence-electron chi connectivity index (χ1n) is 8.81. The molecule has 26 heavy (non-hydrogen) atoms. The van der Waals surface area contributed by atoms with Crippen LogP contribution in [-0.4, -0.2) is 19.1 Å². The summed E-state index contributed by atoms with van der Waals surface area (Å²) < 4.78 is 17.9. The van der Waals surface area contributed by atoms with Gasteiger partial charge in [-0.15, -0.1) is 0 Å². The first-order valence-corrected chi connectivity index (χ1v) is 8.81. The van der Waals surface area contributed by atoms with Gasteiger partial charge in [0.2, 0.25) is 0 Å². The van der Waals surface area contributed by atoms with Crippen LogP contribution >= 0.6 is 0 Å². The fraction of sp³-hybridized carbons (Fsp3) is 0.286. The lowest BCUT2D eigenvalue weighted by Gasteiger charge is -2.26. The molecule has 2 aromatic rings. The average molecular weight is 354 g/mol. The molecule has 1 amide bonds. The smallest absolute Gasteiger partial charge is 0.251 e. The Hall–Kier alpha value is -2.66. The number of nitrogens with two attached hydrogens (primary N) is 1. The summed E-state index contributed by atoms with van der Waals surface area (Å²) in [4.78, 5) is 12.6. The molecule has 0 unspecified atom stereocenters. The van der Waals surface area contributed by atoms with Crippen LogP contribution in [0.25, 0.3) is 0 Å². The van der Waals surface area contributed by atoms with E-state index in [0.29, 0.717) is 23.2 Å². The summed E-state index contributed by atoms with van der Waals surface area (Å²) in [6, 6.07) is 15.1. The van der Waals surface area contributed by atoms with Crippen LogP contribution in [0.15, 0.2) is 60.4 Å². The van der Waals surface area contributed by atoms with E-state index in [2.05, 4.69) is 17.4 Å². The molecular weight excluding hydrogens is 331 g/mol. The fourth-order valence-electron chi connectivity index (χ4n) is 3.16. The Bertz CT molecular complexity index is 787. The van der Waals surface area contributed by atoms with Gasteiger partial charge in [-0.2, -0.15) is 0 Å². The van der Waals surface area contributed by atoms with E-state index in [1.807, 2.05) is 12.1 Å². The molecular formula is C21H23FN2O2. The Labute approximate surface area is 152 Å². The highest BCUT2D eigenvalue weighted by Gasteiger charge is 2.21. The fourth-order valence-corrected chi connectivity index (χ4v) is 3.16. The number of nitrogens with one attached hydrogen (secondary N) is 1. The van der Waals surface area contributed by atoms with Crippen molar-refractivity contribution < 1.29 is 13.9 Å². The molecule has 0 bridgehead atoms. The Morgan fingerprint density at radius 3 is 2.73 bits per heavy atom. The van der Waals surface area contributed by atoms with E-state index >= 15 is 0 Å². The number of carbonyl (C=O) groups is 1. The zero-order chi connectivity index (χ0) is 18.4. The van der Waals surface area contributed by atoms with Crippen molar-refractivity contribution in [2.24, 2.45) is 5.73 Å². The Kier molecular flexibility index (Phi) is 6.02. The van der Waals surface area contributed by atoms with Crippen molar-refractivity contribution in [2.75, 3.05) is 13.2 Å². The molecule has 2 aromatic carbocycles. The lowest BCUT2D eigenvalue weighted by atomic mass is 9.87. The van der Waals surface area contributed by atoms with Gasteiger partial charge < -0.3 is 15.8 Å². The minimum absolute atomic E-state index is 0.0465. The van der Waals surface area contributed by atoms with Crippen LogP contribution in [0, 0.1) is 0 Å². The van der Waals surface area contributed by atoms with Gasteiger partial charge in [0, 0.05) is 17.7 Å². The molecule has 0 spiro atoms. The summed E-state index contributed by atoms with van der Waals surface area (Å²) in [5.41, 5.74) is 8.86. The predicted octanol–water partition coefficient (Wildman–Crippen LogP) is 3.68. The van der Waals surface area contributed by atoms with Gasteiger partial charge in [-0.3, -0.25) is 4.79 Å². The number of rotatable bonds is 6. The largest absolute Gasteiger partial charge is 0.489 e. The van der Waals surface area contributed by atoms with E-state index in [1.54, 1.807) is 24.3 Å². The van der Waals surface area contributed by atoms with Gasteiger partial charge in [0.05, 0.1) is 12.4 Å². The average Bonchev–Trinajstić information content (AvgIpc) is 2.69. The summed E-state index contributed by atoms with van der Waals surface area (Å²) in [5, 5.41) is 3.12. The van der Waals surface area contributed by atoms with Gasteiger partial charge in [0.15, 0.2) is 0 Å². The van der Waals surface area contributed by atoms with E-state index in [9.17, 15) is 9.18 Å². The summed E-state index contributed by atoms with van der Waals surface area (Å²) in [6.07, 6.45) is 3.54. The van der Waals surface area contributed by atoms with Crippen molar-refractivity contribution in [3.8, 4) is 5.75 Å². The maximum atomic E-state index is 12.6. The summed E-state index contributed by atoms with van der Waals surface area (Å²) in [7, 11) is 0. The molecule has 0 saturated heterocycles. The minimum Gasteiger partial charge on any atom is -0.489 e. The van der Waals surface area contributed by atoms with Crippen LogP contribution < -0.4 is 15.8 Å².